The van der Waals surface area contributed by atoms with Crippen molar-refractivity contribution in [2.75, 3.05) is 11.9 Å². The van der Waals surface area contributed by atoms with Crippen molar-refractivity contribution >= 4 is 11.7 Å². The maximum absolute atomic E-state index is 13.2. The van der Waals surface area contributed by atoms with Crippen LogP contribution in [0, 0.1) is 11.7 Å². The molecular weight excluding hydrogens is 235 g/mol. The quantitative estimate of drug-likeness (QED) is 0.755. The van der Waals surface area contributed by atoms with E-state index in [-0.39, 0.29) is 11.6 Å². The molecule has 1 atom stereocenters. The first-order valence-corrected chi connectivity index (χ1v) is 5.98. The number of nitrogens with one attached hydrogen (secondary N) is 2. The number of carbonyl (C=O) groups is 1. The Kier molecular flexibility index (Phi) is 5.58. The summed E-state index contributed by atoms with van der Waals surface area (Å²) in [5, 5.41) is 14.5. The lowest BCUT2D eigenvalue weighted by Crippen LogP contribution is -2.32. The van der Waals surface area contributed by atoms with Gasteiger partial charge in [0.1, 0.15) is 5.82 Å². The lowest BCUT2D eigenvalue weighted by molar-refractivity contribution is 0.117. The monoisotopic (exact) mass is 254 g/mol. The molecule has 0 aliphatic carbocycles. The van der Waals surface area contributed by atoms with Crippen LogP contribution in [0.1, 0.15) is 20.3 Å². The second-order valence-electron chi connectivity index (χ2n) is 4.46. The number of rotatable bonds is 5. The molecule has 3 N–H and O–H groups in total. The largest absolute Gasteiger partial charge is 0.393 e. The van der Waals surface area contributed by atoms with Gasteiger partial charge >= 0.3 is 6.03 Å². The van der Waals surface area contributed by atoms with E-state index in [0.29, 0.717) is 13.0 Å². The highest BCUT2D eigenvalue weighted by Crippen LogP contribution is 2.11. The van der Waals surface area contributed by atoms with Crippen LogP contribution in [0.5, 0.6) is 0 Å². The predicted octanol–water partition coefficient (Wildman–Crippen LogP) is 2.35. The van der Waals surface area contributed by atoms with E-state index in [0.717, 1.165) is 0 Å². The minimum atomic E-state index is -0.477. The number of amides is 2. The molecule has 1 aromatic carbocycles. The van der Waals surface area contributed by atoms with Crippen LogP contribution in [0.4, 0.5) is 14.9 Å². The summed E-state index contributed by atoms with van der Waals surface area (Å²) in [6.45, 7) is 4.16. The normalized spacial score (nSPS) is 12.3. The van der Waals surface area contributed by atoms with Gasteiger partial charge in [0.25, 0.3) is 0 Å². The Morgan fingerprint density at radius 3 is 2.67 bits per heavy atom. The van der Waals surface area contributed by atoms with E-state index in [1.54, 1.807) is 12.1 Å². The number of carbonyl (C=O) groups excluding carboxylic acids is 1. The third-order valence-corrected chi connectivity index (χ3v) is 2.62. The van der Waals surface area contributed by atoms with E-state index >= 15 is 0 Å². The lowest BCUT2D eigenvalue weighted by atomic mass is 10.0. The fourth-order valence-corrected chi connectivity index (χ4v) is 1.40. The minimum absolute atomic E-state index is 0.138. The summed E-state index contributed by atoms with van der Waals surface area (Å²) in [4.78, 5) is 11.4. The van der Waals surface area contributed by atoms with Gasteiger partial charge in [-0.1, -0.05) is 26.0 Å². The standard InChI is InChI=1S/C13H19FN2O2/c1-9(2)12(17)7-8-15-13(18)16-11-6-4-3-5-10(11)14/h3-6,9,12,17H,7-8H2,1-2H3,(H2,15,16,18). The topological polar surface area (TPSA) is 61.4 Å². The van der Waals surface area contributed by atoms with Crippen molar-refractivity contribution in [3.05, 3.63) is 30.1 Å². The summed E-state index contributed by atoms with van der Waals surface area (Å²) in [5.41, 5.74) is 0.138. The van der Waals surface area contributed by atoms with Gasteiger partial charge in [0.15, 0.2) is 0 Å². The summed E-state index contributed by atoms with van der Waals surface area (Å²) in [5.74, 6) is -0.323. The van der Waals surface area contributed by atoms with E-state index in [9.17, 15) is 14.3 Å². The van der Waals surface area contributed by atoms with Crippen LogP contribution < -0.4 is 10.6 Å². The lowest BCUT2D eigenvalue weighted by Gasteiger charge is -2.14. The molecule has 1 rings (SSSR count). The molecule has 0 spiro atoms. The maximum Gasteiger partial charge on any atom is 0.319 e. The Hall–Kier alpha value is -1.62. The van der Waals surface area contributed by atoms with Gasteiger partial charge in [0.05, 0.1) is 11.8 Å². The fraction of sp³-hybridized carbons (Fsp3) is 0.462. The second-order valence-corrected chi connectivity index (χ2v) is 4.46. The van der Waals surface area contributed by atoms with Crippen molar-refractivity contribution in [2.24, 2.45) is 5.92 Å². The van der Waals surface area contributed by atoms with Gasteiger partial charge in [-0.3, -0.25) is 0 Å². The molecule has 1 aromatic rings. The number of hydrogen-bond acceptors (Lipinski definition) is 2. The molecule has 0 radical (unpaired) electrons. The molecule has 1 unspecified atom stereocenters. The Morgan fingerprint density at radius 2 is 2.06 bits per heavy atom. The third kappa shape index (κ3) is 4.71. The average Bonchev–Trinajstić information content (AvgIpc) is 2.32. The molecule has 0 heterocycles. The van der Waals surface area contributed by atoms with Crippen molar-refractivity contribution in [3.8, 4) is 0 Å². The van der Waals surface area contributed by atoms with E-state index in [4.69, 9.17) is 0 Å². The van der Waals surface area contributed by atoms with Crippen LogP contribution in [0.25, 0.3) is 0 Å². The van der Waals surface area contributed by atoms with Gasteiger partial charge in [-0.05, 0) is 24.5 Å². The first-order chi connectivity index (χ1) is 8.50. The van der Waals surface area contributed by atoms with Gasteiger partial charge in [-0.2, -0.15) is 0 Å². The molecule has 5 heteroatoms. The third-order valence-electron chi connectivity index (χ3n) is 2.62. The van der Waals surface area contributed by atoms with Crippen molar-refractivity contribution in [2.45, 2.75) is 26.4 Å². The average molecular weight is 254 g/mol. The van der Waals surface area contributed by atoms with E-state index in [2.05, 4.69) is 10.6 Å². The van der Waals surface area contributed by atoms with Crippen LogP contribution in [0.2, 0.25) is 0 Å². The Labute approximate surface area is 106 Å². The van der Waals surface area contributed by atoms with E-state index in [1.807, 2.05) is 13.8 Å². The number of para-hydroxylation sites is 1. The molecule has 0 aliphatic heterocycles. The van der Waals surface area contributed by atoms with Crippen LogP contribution >= 0.6 is 0 Å². The number of benzene rings is 1. The van der Waals surface area contributed by atoms with Crippen LogP contribution in [0.3, 0.4) is 0 Å². The highest BCUT2D eigenvalue weighted by Gasteiger charge is 2.10. The summed E-state index contributed by atoms with van der Waals surface area (Å²) in [7, 11) is 0. The van der Waals surface area contributed by atoms with Crippen molar-refractivity contribution in [1.29, 1.82) is 0 Å². The molecule has 4 nitrogen and oxygen atoms in total. The van der Waals surface area contributed by atoms with Gasteiger partial charge in [-0.15, -0.1) is 0 Å². The first-order valence-electron chi connectivity index (χ1n) is 5.98. The van der Waals surface area contributed by atoms with E-state index in [1.165, 1.54) is 12.1 Å². The highest BCUT2D eigenvalue weighted by molar-refractivity contribution is 5.89. The number of halogens is 1. The predicted molar refractivity (Wildman–Crippen MR) is 68.9 cm³/mol. The highest BCUT2D eigenvalue weighted by atomic mass is 19.1. The zero-order valence-electron chi connectivity index (χ0n) is 10.6. The van der Waals surface area contributed by atoms with Crippen LogP contribution in [-0.2, 0) is 0 Å². The summed E-state index contributed by atoms with van der Waals surface area (Å²) in [6.07, 6.45) is 0.0290. The van der Waals surface area contributed by atoms with Crippen molar-refractivity contribution in [3.63, 3.8) is 0 Å². The maximum atomic E-state index is 13.2. The molecule has 18 heavy (non-hydrogen) atoms. The zero-order chi connectivity index (χ0) is 13.5. The molecular formula is C13H19FN2O2. The number of aliphatic hydroxyl groups excluding tert-OH is 1. The fourth-order valence-electron chi connectivity index (χ4n) is 1.40. The molecule has 2 amide bonds. The van der Waals surface area contributed by atoms with Crippen LogP contribution in [0.15, 0.2) is 24.3 Å². The first kappa shape index (κ1) is 14.4. The van der Waals surface area contributed by atoms with Gasteiger partial charge in [-0.25, -0.2) is 9.18 Å². The van der Waals surface area contributed by atoms with Crippen molar-refractivity contribution in [1.82, 2.24) is 5.32 Å². The Morgan fingerprint density at radius 1 is 1.39 bits per heavy atom. The molecule has 0 aliphatic rings. The SMILES string of the molecule is CC(C)C(O)CCNC(=O)Nc1ccccc1F. The smallest absolute Gasteiger partial charge is 0.319 e. The molecule has 0 fully saturated rings. The van der Waals surface area contributed by atoms with Gasteiger partial charge in [0, 0.05) is 6.54 Å². The zero-order valence-corrected chi connectivity index (χ0v) is 10.6. The summed E-state index contributed by atoms with van der Waals surface area (Å²) >= 11 is 0. The molecule has 0 saturated heterocycles. The molecule has 0 aromatic heterocycles. The minimum Gasteiger partial charge on any atom is -0.393 e. The summed E-state index contributed by atoms with van der Waals surface area (Å²) in [6, 6.07) is 5.48. The Bertz CT molecular complexity index is 396. The summed E-state index contributed by atoms with van der Waals surface area (Å²) < 4.78 is 13.2. The molecule has 0 saturated carbocycles. The number of anilines is 1. The van der Waals surface area contributed by atoms with Crippen LogP contribution in [-0.4, -0.2) is 23.8 Å². The second kappa shape index (κ2) is 6.96. The number of urea groups is 1. The van der Waals surface area contributed by atoms with Gasteiger partial charge < -0.3 is 15.7 Å². The number of hydrogen-bond donors (Lipinski definition) is 3. The molecule has 0 bridgehead atoms. The van der Waals surface area contributed by atoms with Crippen molar-refractivity contribution < 1.29 is 14.3 Å². The van der Waals surface area contributed by atoms with E-state index < -0.39 is 18.0 Å². The number of aliphatic hydroxyl groups is 1. The molecule has 100 valence electrons. The van der Waals surface area contributed by atoms with Gasteiger partial charge in [0.2, 0.25) is 0 Å². The Balaban J connectivity index is 2.33.